The molecule has 22 heavy (non-hydrogen) atoms. The number of fused-ring (bicyclic) bond motifs is 1. The van der Waals surface area contributed by atoms with Crippen molar-refractivity contribution in [3.63, 3.8) is 0 Å². The average Bonchev–Trinajstić information content (AvgIpc) is 2.47. The molecule has 0 radical (unpaired) electrons. The maximum Gasteiger partial charge on any atom is 0.416 e. The molecule has 0 saturated carbocycles. The van der Waals surface area contributed by atoms with Gasteiger partial charge in [-0.05, 0) is 36.4 Å². The highest BCUT2D eigenvalue weighted by Crippen LogP contribution is 2.29. The Morgan fingerprint density at radius 3 is 2.32 bits per heavy atom. The second kappa shape index (κ2) is 4.94. The van der Waals surface area contributed by atoms with E-state index in [2.05, 4.69) is 4.98 Å². The molecule has 0 saturated heterocycles. The zero-order chi connectivity index (χ0) is 15.9. The molecule has 1 aromatic heterocycles. The van der Waals surface area contributed by atoms with Crippen molar-refractivity contribution in [2.75, 3.05) is 0 Å². The van der Waals surface area contributed by atoms with Crippen LogP contribution in [0.2, 0.25) is 0 Å². The Hall–Kier alpha value is -2.70. The first-order chi connectivity index (χ1) is 10.4. The molecular weight excluding hydrogens is 300 g/mol. The van der Waals surface area contributed by atoms with E-state index in [0.717, 1.165) is 35.2 Å². The maximum absolute atomic E-state index is 13.1. The molecule has 3 nitrogen and oxygen atoms in total. The summed E-state index contributed by atoms with van der Waals surface area (Å²) in [6.07, 6.45) is -3.28. The number of nitrogens with zero attached hydrogens (tertiary/aromatic N) is 2. The largest absolute Gasteiger partial charge is 0.416 e. The van der Waals surface area contributed by atoms with Gasteiger partial charge in [-0.2, -0.15) is 13.2 Å². The molecule has 0 spiro atoms. The summed E-state index contributed by atoms with van der Waals surface area (Å²) in [6.45, 7) is 0. The quantitative estimate of drug-likeness (QED) is 0.644. The van der Waals surface area contributed by atoms with Gasteiger partial charge in [0, 0.05) is 6.07 Å². The fourth-order valence-electron chi connectivity index (χ4n) is 2.09. The molecule has 7 heteroatoms. The van der Waals surface area contributed by atoms with Gasteiger partial charge >= 0.3 is 6.18 Å². The Labute approximate surface area is 121 Å². The Morgan fingerprint density at radius 1 is 1.00 bits per heavy atom. The molecule has 0 bridgehead atoms. The van der Waals surface area contributed by atoms with Crippen molar-refractivity contribution in [1.82, 2.24) is 9.55 Å². The Morgan fingerprint density at radius 2 is 1.68 bits per heavy atom. The fourth-order valence-corrected chi connectivity index (χ4v) is 2.09. The molecule has 1 heterocycles. The average molecular weight is 308 g/mol. The molecule has 0 fully saturated rings. The van der Waals surface area contributed by atoms with Crippen LogP contribution in [0.4, 0.5) is 17.6 Å². The van der Waals surface area contributed by atoms with Crippen LogP contribution in [0.1, 0.15) is 5.56 Å². The lowest BCUT2D eigenvalue weighted by atomic mass is 10.2. The van der Waals surface area contributed by atoms with E-state index < -0.39 is 23.1 Å². The summed E-state index contributed by atoms with van der Waals surface area (Å²) in [5, 5.41) is 0.184. The summed E-state index contributed by atoms with van der Waals surface area (Å²) in [7, 11) is 0. The van der Waals surface area contributed by atoms with Crippen LogP contribution in [0.3, 0.4) is 0 Å². The van der Waals surface area contributed by atoms with Gasteiger partial charge in [-0.15, -0.1) is 0 Å². The van der Waals surface area contributed by atoms with E-state index in [9.17, 15) is 22.4 Å². The molecule has 0 aliphatic carbocycles. The molecule has 0 atom stereocenters. The van der Waals surface area contributed by atoms with E-state index in [1.165, 1.54) is 18.2 Å². The molecule has 0 aliphatic heterocycles. The molecule has 0 amide bonds. The van der Waals surface area contributed by atoms with E-state index in [-0.39, 0.29) is 16.6 Å². The van der Waals surface area contributed by atoms with E-state index in [1.807, 2.05) is 0 Å². The predicted octanol–water partition coefficient (Wildman–Crippen LogP) is 3.54. The second-order valence-corrected chi connectivity index (χ2v) is 4.63. The van der Waals surface area contributed by atoms with Crippen molar-refractivity contribution in [2.45, 2.75) is 6.18 Å². The maximum atomic E-state index is 13.1. The normalized spacial score (nSPS) is 11.8. The summed E-state index contributed by atoms with van der Waals surface area (Å²) in [5.41, 5.74) is -0.852. The lowest BCUT2D eigenvalue weighted by Crippen LogP contribution is -2.19. The van der Waals surface area contributed by atoms with E-state index in [1.54, 1.807) is 0 Å². The minimum Gasteiger partial charge on any atom is -0.268 e. The molecule has 0 aliphatic rings. The summed E-state index contributed by atoms with van der Waals surface area (Å²) < 4.78 is 51.8. The van der Waals surface area contributed by atoms with Gasteiger partial charge in [-0.1, -0.05) is 0 Å². The van der Waals surface area contributed by atoms with Gasteiger partial charge in [0.1, 0.15) is 12.1 Å². The van der Waals surface area contributed by atoms with Crippen LogP contribution >= 0.6 is 0 Å². The third kappa shape index (κ3) is 2.45. The zero-order valence-electron chi connectivity index (χ0n) is 10.9. The third-order valence-corrected chi connectivity index (χ3v) is 3.19. The topological polar surface area (TPSA) is 34.9 Å². The van der Waals surface area contributed by atoms with E-state index in [4.69, 9.17) is 0 Å². The van der Waals surface area contributed by atoms with Gasteiger partial charge < -0.3 is 0 Å². The minimum atomic E-state index is -4.44. The number of benzene rings is 2. The first kappa shape index (κ1) is 14.2. The first-order valence-electron chi connectivity index (χ1n) is 6.21. The van der Waals surface area contributed by atoms with E-state index in [0.29, 0.717) is 0 Å². The fraction of sp³-hybridized carbons (Fsp3) is 0.0667. The molecule has 3 rings (SSSR count). The Balaban J connectivity index is 2.13. The van der Waals surface area contributed by atoms with Crippen LogP contribution in [0.5, 0.6) is 0 Å². The predicted molar refractivity (Wildman–Crippen MR) is 72.3 cm³/mol. The van der Waals surface area contributed by atoms with Crippen molar-refractivity contribution in [3.05, 3.63) is 70.5 Å². The van der Waals surface area contributed by atoms with Gasteiger partial charge in [0.2, 0.25) is 0 Å². The zero-order valence-corrected chi connectivity index (χ0v) is 10.9. The van der Waals surface area contributed by atoms with Crippen molar-refractivity contribution in [2.24, 2.45) is 0 Å². The lowest BCUT2D eigenvalue weighted by Gasteiger charge is -2.09. The highest BCUT2D eigenvalue weighted by molar-refractivity contribution is 5.77. The Kier molecular flexibility index (Phi) is 3.20. The summed E-state index contributed by atoms with van der Waals surface area (Å²) in [6, 6.07) is 7.67. The third-order valence-electron chi connectivity index (χ3n) is 3.19. The van der Waals surface area contributed by atoms with Gasteiger partial charge in [0.15, 0.2) is 0 Å². The van der Waals surface area contributed by atoms with Gasteiger partial charge in [0.05, 0.1) is 22.2 Å². The Bertz CT molecular complexity index is 898. The smallest absolute Gasteiger partial charge is 0.268 e. The van der Waals surface area contributed by atoms with Crippen LogP contribution in [0.25, 0.3) is 16.6 Å². The van der Waals surface area contributed by atoms with Gasteiger partial charge in [0.25, 0.3) is 5.56 Å². The number of hydrogen-bond donors (Lipinski definition) is 0. The first-order valence-corrected chi connectivity index (χ1v) is 6.21. The lowest BCUT2D eigenvalue weighted by molar-refractivity contribution is -0.137. The van der Waals surface area contributed by atoms with Crippen LogP contribution in [-0.2, 0) is 6.18 Å². The van der Waals surface area contributed by atoms with Gasteiger partial charge in [-0.25, -0.2) is 9.37 Å². The van der Waals surface area contributed by atoms with Crippen LogP contribution in [0.15, 0.2) is 53.6 Å². The van der Waals surface area contributed by atoms with Crippen molar-refractivity contribution < 1.29 is 17.6 Å². The molecule has 2 aromatic carbocycles. The van der Waals surface area contributed by atoms with Crippen LogP contribution in [0, 0.1) is 5.82 Å². The summed E-state index contributed by atoms with van der Waals surface area (Å²) in [4.78, 5) is 16.3. The molecule has 112 valence electrons. The second-order valence-electron chi connectivity index (χ2n) is 4.63. The van der Waals surface area contributed by atoms with Crippen molar-refractivity contribution in [3.8, 4) is 5.69 Å². The summed E-state index contributed by atoms with van der Waals surface area (Å²) in [5.74, 6) is -0.522. The number of alkyl halides is 3. The molecular formula is C15H8F4N2O. The number of hydrogen-bond acceptors (Lipinski definition) is 2. The molecule has 3 aromatic rings. The van der Waals surface area contributed by atoms with Crippen LogP contribution in [-0.4, -0.2) is 9.55 Å². The monoisotopic (exact) mass is 308 g/mol. The summed E-state index contributed by atoms with van der Waals surface area (Å²) >= 11 is 0. The number of aromatic nitrogens is 2. The highest BCUT2D eigenvalue weighted by atomic mass is 19.4. The highest BCUT2D eigenvalue weighted by Gasteiger charge is 2.30. The SMILES string of the molecule is O=c1c2ccc(F)cc2ncn1-c1ccc(C(F)(F)F)cc1. The van der Waals surface area contributed by atoms with Crippen molar-refractivity contribution >= 4 is 10.9 Å². The van der Waals surface area contributed by atoms with Crippen molar-refractivity contribution in [1.29, 1.82) is 0 Å². The van der Waals surface area contributed by atoms with Crippen LogP contribution < -0.4 is 5.56 Å². The molecule has 0 N–H and O–H groups in total. The standard InChI is InChI=1S/C15H8F4N2O/c16-10-3-6-12-13(7-10)20-8-21(14(12)22)11-4-1-9(2-5-11)15(17,18)19/h1-8H. The van der Waals surface area contributed by atoms with Gasteiger partial charge in [-0.3, -0.25) is 9.36 Å². The number of halogens is 4. The molecule has 0 unspecified atom stereocenters. The number of rotatable bonds is 1. The minimum absolute atomic E-state index is 0.184. The van der Waals surface area contributed by atoms with E-state index >= 15 is 0 Å².